The van der Waals surface area contributed by atoms with Gasteiger partial charge in [0.2, 0.25) is 0 Å². The lowest BCUT2D eigenvalue weighted by Crippen LogP contribution is -2.25. The topological polar surface area (TPSA) is 92.4 Å². The smallest absolute Gasteiger partial charge is 0.338 e. The maximum atomic E-state index is 11.7. The molecule has 0 saturated carbocycles. The van der Waals surface area contributed by atoms with Gasteiger partial charge in [-0.2, -0.15) is 0 Å². The van der Waals surface area contributed by atoms with Crippen LogP contribution >= 0.6 is 11.3 Å². The summed E-state index contributed by atoms with van der Waals surface area (Å²) in [6.45, 7) is 2.34. The predicted molar refractivity (Wildman–Crippen MR) is 68.6 cm³/mol. The van der Waals surface area contributed by atoms with Crippen LogP contribution in [-0.2, 0) is 6.42 Å². The number of carbonyl (C=O) groups excluding carboxylic acids is 1. The highest BCUT2D eigenvalue weighted by Gasteiger charge is 2.14. The van der Waals surface area contributed by atoms with Gasteiger partial charge in [-0.1, -0.05) is 0 Å². The molecule has 0 spiro atoms. The van der Waals surface area contributed by atoms with Crippen molar-refractivity contribution in [3.05, 3.63) is 39.7 Å². The lowest BCUT2D eigenvalue weighted by atomic mass is 10.3. The average Bonchev–Trinajstić information content (AvgIpc) is 2.98. The van der Waals surface area contributed by atoms with Crippen LogP contribution in [0, 0.1) is 6.92 Å². The standard InChI is InChI=1S/C12H12N2O4S/c1-7-14-9(6-19-7)2-3-13-11(15)10-4-8(5-18-10)12(16)17/h4-6H,2-3H2,1H3,(H,13,15)(H,16,17). The first kappa shape index (κ1) is 13.3. The van der Waals surface area contributed by atoms with Gasteiger partial charge in [0.05, 0.1) is 16.3 Å². The van der Waals surface area contributed by atoms with E-state index in [4.69, 9.17) is 9.52 Å². The number of aryl methyl sites for hydroxylation is 1. The van der Waals surface area contributed by atoms with Crippen molar-refractivity contribution in [2.75, 3.05) is 6.54 Å². The second-order valence-corrected chi connectivity index (χ2v) is 4.93. The Morgan fingerprint density at radius 3 is 2.89 bits per heavy atom. The molecule has 100 valence electrons. The van der Waals surface area contributed by atoms with Crippen LogP contribution in [-0.4, -0.2) is 28.5 Å². The Hall–Kier alpha value is -2.15. The number of hydrogen-bond donors (Lipinski definition) is 2. The molecule has 2 heterocycles. The highest BCUT2D eigenvalue weighted by molar-refractivity contribution is 7.09. The Balaban J connectivity index is 1.85. The van der Waals surface area contributed by atoms with Crippen molar-refractivity contribution in [3.8, 4) is 0 Å². The number of nitrogens with one attached hydrogen (secondary N) is 1. The SMILES string of the molecule is Cc1nc(CCNC(=O)c2cc(C(=O)O)co2)cs1. The van der Waals surface area contributed by atoms with E-state index in [1.807, 2.05) is 12.3 Å². The van der Waals surface area contributed by atoms with Crippen molar-refractivity contribution in [1.29, 1.82) is 0 Å². The van der Waals surface area contributed by atoms with Crippen LogP contribution in [0.3, 0.4) is 0 Å². The second-order valence-electron chi connectivity index (χ2n) is 3.87. The average molecular weight is 280 g/mol. The molecular formula is C12H12N2O4S. The van der Waals surface area contributed by atoms with E-state index in [0.29, 0.717) is 13.0 Å². The fourth-order valence-corrected chi connectivity index (χ4v) is 2.13. The Morgan fingerprint density at radius 2 is 2.32 bits per heavy atom. The maximum Gasteiger partial charge on any atom is 0.338 e. The quantitative estimate of drug-likeness (QED) is 0.869. The number of carboxylic acid groups (broad SMARTS) is 1. The van der Waals surface area contributed by atoms with Crippen molar-refractivity contribution in [2.24, 2.45) is 0 Å². The number of amides is 1. The fraction of sp³-hybridized carbons (Fsp3) is 0.250. The van der Waals surface area contributed by atoms with Gasteiger partial charge < -0.3 is 14.8 Å². The molecule has 1 amide bonds. The first-order chi connectivity index (χ1) is 9.06. The number of carboxylic acids is 1. The molecule has 0 aromatic carbocycles. The molecule has 2 rings (SSSR count). The number of hydrogen-bond acceptors (Lipinski definition) is 5. The van der Waals surface area contributed by atoms with Gasteiger partial charge in [-0.25, -0.2) is 9.78 Å². The summed E-state index contributed by atoms with van der Waals surface area (Å²) in [4.78, 5) is 26.6. The molecule has 0 fully saturated rings. The molecule has 0 saturated heterocycles. The first-order valence-corrected chi connectivity index (χ1v) is 6.45. The lowest BCUT2D eigenvalue weighted by Gasteiger charge is -2.00. The summed E-state index contributed by atoms with van der Waals surface area (Å²) in [7, 11) is 0. The zero-order chi connectivity index (χ0) is 13.8. The normalized spacial score (nSPS) is 10.4. The molecule has 6 nitrogen and oxygen atoms in total. The van der Waals surface area contributed by atoms with Crippen LogP contribution in [0.15, 0.2) is 22.1 Å². The number of furan rings is 1. The Kier molecular flexibility index (Phi) is 3.96. The van der Waals surface area contributed by atoms with E-state index >= 15 is 0 Å². The van der Waals surface area contributed by atoms with Gasteiger partial charge in [-0.15, -0.1) is 11.3 Å². The molecule has 7 heteroatoms. The van der Waals surface area contributed by atoms with Crippen LogP contribution < -0.4 is 5.32 Å². The maximum absolute atomic E-state index is 11.7. The first-order valence-electron chi connectivity index (χ1n) is 5.57. The summed E-state index contributed by atoms with van der Waals surface area (Å²) in [5.41, 5.74) is 0.883. The summed E-state index contributed by atoms with van der Waals surface area (Å²) in [5, 5.41) is 14.3. The Morgan fingerprint density at radius 1 is 1.53 bits per heavy atom. The molecule has 0 bridgehead atoms. The molecule has 0 unspecified atom stereocenters. The van der Waals surface area contributed by atoms with Gasteiger partial charge in [0.15, 0.2) is 5.76 Å². The molecule has 19 heavy (non-hydrogen) atoms. The van der Waals surface area contributed by atoms with E-state index in [9.17, 15) is 9.59 Å². The highest BCUT2D eigenvalue weighted by atomic mass is 32.1. The van der Waals surface area contributed by atoms with Crippen molar-refractivity contribution in [2.45, 2.75) is 13.3 Å². The number of aromatic nitrogens is 1. The van der Waals surface area contributed by atoms with Crippen LogP contribution in [0.25, 0.3) is 0 Å². The van der Waals surface area contributed by atoms with E-state index < -0.39 is 11.9 Å². The van der Waals surface area contributed by atoms with Crippen LogP contribution in [0.2, 0.25) is 0 Å². The number of aromatic carboxylic acids is 1. The lowest BCUT2D eigenvalue weighted by molar-refractivity contribution is 0.0696. The molecule has 0 atom stereocenters. The van der Waals surface area contributed by atoms with E-state index in [0.717, 1.165) is 17.0 Å². The highest BCUT2D eigenvalue weighted by Crippen LogP contribution is 2.09. The summed E-state index contributed by atoms with van der Waals surface area (Å²) in [5.74, 6) is -1.56. The molecule has 2 N–H and O–H groups in total. The zero-order valence-corrected chi connectivity index (χ0v) is 11.0. The van der Waals surface area contributed by atoms with Gasteiger partial charge in [-0.3, -0.25) is 4.79 Å². The number of carbonyl (C=O) groups is 2. The summed E-state index contributed by atoms with van der Waals surface area (Å²) >= 11 is 1.56. The third kappa shape index (κ3) is 3.41. The van der Waals surface area contributed by atoms with Gasteiger partial charge >= 0.3 is 5.97 Å². The monoisotopic (exact) mass is 280 g/mol. The van der Waals surface area contributed by atoms with Gasteiger partial charge in [0.1, 0.15) is 6.26 Å². The van der Waals surface area contributed by atoms with E-state index in [1.54, 1.807) is 11.3 Å². The number of nitrogens with zero attached hydrogens (tertiary/aromatic N) is 1. The van der Waals surface area contributed by atoms with Crippen molar-refractivity contribution >= 4 is 23.2 Å². The zero-order valence-electron chi connectivity index (χ0n) is 10.2. The minimum Gasteiger partial charge on any atom is -0.478 e. The molecule has 0 aliphatic carbocycles. The minimum atomic E-state index is -1.12. The Bertz CT molecular complexity index is 602. The molecule has 2 aromatic heterocycles. The summed E-state index contributed by atoms with van der Waals surface area (Å²) < 4.78 is 4.89. The number of thiazole rings is 1. The Labute approximate surface area is 113 Å². The molecule has 2 aromatic rings. The van der Waals surface area contributed by atoms with Gasteiger partial charge in [0.25, 0.3) is 5.91 Å². The van der Waals surface area contributed by atoms with Gasteiger partial charge in [0, 0.05) is 24.4 Å². The van der Waals surface area contributed by atoms with Crippen molar-refractivity contribution in [1.82, 2.24) is 10.3 Å². The van der Waals surface area contributed by atoms with Crippen molar-refractivity contribution in [3.63, 3.8) is 0 Å². The molecular weight excluding hydrogens is 268 g/mol. The minimum absolute atomic E-state index is 0.00754. The fourth-order valence-electron chi connectivity index (χ4n) is 1.48. The van der Waals surface area contributed by atoms with E-state index in [2.05, 4.69) is 10.3 Å². The second kappa shape index (κ2) is 5.66. The van der Waals surface area contributed by atoms with Crippen LogP contribution in [0.5, 0.6) is 0 Å². The number of rotatable bonds is 5. The third-order valence-electron chi connectivity index (χ3n) is 2.40. The van der Waals surface area contributed by atoms with Crippen LogP contribution in [0.4, 0.5) is 0 Å². The molecule has 0 aliphatic rings. The predicted octanol–water partition coefficient (Wildman–Crippen LogP) is 1.72. The largest absolute Gasteiger partial charge is 0.478 e. The van der Waals surface area contributed by atoms with Gasteiger partial charge in [-0.05, 0) is 6.92 Å². The summed E-state index contributed by atoms with van der Waals surface area (Å²) in [6, 6.07) is 1.20. The van der Waals surface area contributed by atoms with Crippen molar-refractivity contribution < 1.29 is 19.1 Å². The van der Waals surface area contributed by atoms with E-state index in [-0.39, 0.29) is 11.3 Å². The molecule has 0 aliphatic heterocycles. The summed E-state index contributed by atoms with van der Waals surface area (Å²) in [6.07, 6.45) is 1.67. The molecule has 0 radical (unpaired) electrons. The van der Waals surface area contributed by atoms with E-state index in [1.165, 1.54) is 6.07 Å². The van der Waals surface area contributed by atoms with Crippen LogP contribution in [0.1, 0.15) is 31.6 Å². The third-order valence-corrected chi connectivity index (χ3v) is 3.23.